The normalized spacial score (nSPS) is 24.1. The highest BCUT2D eigenvalue weighted by atomic mass is 35.5. The number of hydrogen-bond acceptors (Lipinski definition) is 4. The van der Waals surface area contributed by atoms with E-state index < -0.39 is 28.2 Å². The number of halogens is 3. The van der Waals surface area contributed by atoms with Gasteiger partial charge in [-0.2, -0.15) is 0 Å². The zero-order valence-electron chi connectivity index (χ0n) is 15.8. The van der Waals surface area contributed by atoms with Gasteiger partial charge in [-0.3, -0.25) is 4.79 Å². The molecule has 2 atom stereocenters. The lowest BCUT2D eigenvalue weighted by molar-refractivity contribution is -0.146. The van der Waals surface area contributed by atoms with Crippen molar-refractivity contribution < 1.29 is 18.7 Å². The second-order valence-electron chi connectivity index (χ2n) is 7.40. The summed E-state index contributed by atoms with van der Waals surface area (Å²) in [6.07, 6.45) is 3.04. The number of ether oxygens (including phenoxy) is 2. The van der Waals surface area contributed by atoms with Gasteiger partial charge in [0.1, 0.15) is 21.5 Å². The zero-order chi connectivity index (χ0) is 21.3. The quantitative estimate of drug-likeness (QED) is 0.442. The van der Waals surface area contributed by atoms with Gasteiger partial charge in [0.2, 0.25) is 0 Å². The molecule has 1 aliphatic rings. The molecule has 0 spiro atoms. The van der Waals surface area contributed by atoms with Crippen LogP contribution in [0.5, 0.6) is 5.75 Å². The van der Waals surface area contributed by atoms with E-state index in [9.17, 15) is 9.18 Å². The van der Waals surface area contributed by atoms with Gasteiger partial charge in [0.05, 0.1) is 0 Å². The lowest BCUT2D eigenvalue weighted by Gasteiger charge is -2.22. The van der Waals surface area contributed by atoms with Crippen molar-refractivity contribution in [3.63, 3.8) is 0 Å². The largest absolute Gasteiger partial charge is 0.481 e. The summed E-state index contributed by atoms with van der Waals surface area (Å²) in [5.41, 5.74) is -2.79. The van der Waals surface area contributed by atoms with Gasteiger partial charge in [-0.25, -0.2) is 4.39 Å². The summed E-state index contributed by atoms with van der Waals surface area (Å²) in [5, 5.41) is 8.99. The van der Waals surface area contributed by atoms with Crippen LogP contribution in [-0.4, -0.2) is 11.6 Å². The van der Waals surface area contributed by atoms with E-state index in [4.69, 9.17) is 37.9 Å². The first-order valence-electron chi connectivity index (χ1n) is 8.83. The highest BCUT2D eigenvalue weighted by Crippen LogP contribution is 2.76. The zero-order valence-corrected chi connectivity index (χ0v) is 17.3. The number of hydrogen-bond donors (Lipinski definition) is 0. The molecule has 0 N–H and O–H groups in total. The molecule has 0 saturated heterocycles. The fourth-order valence-electron chi connectivity index (χ4n) is 4.20. The van der Waals surface area contributed by atoms with Crippen molar-refractivity contribution in [2.75, 3.05) is 0 Å². The first-order chi connectivity index (χ1) is 13.7. The Morgan fingerprint density at radius 1 is 1.14 bits per heavy atom. The molecule has 2 aromatic carbocycles. The van der Waals surface area contributed by atoms with Crippen LogP contribution < -0.4 is 4.74 Å². The second kappa shape index (κ2) is 7.70. The van der Waals surface area contributed by atoms with Gasteiger partial charge < -0.3 is 9.47 Å². The van der Waals surface area contributed by atoms with Crippen molar-refractivity contribution in [1.29, 1.82) is 5.26 Å². The fraction of sp³-hybridized carbons (Fsp3) is 0.273. The van der Waals surface area contributed by atoms with E-state index in [1.807, 2.05) is 19.9 Å². The molecule has 1 aliphatic carbocycles. The summed E-state index contributed by atoms with van der Waals surface area (Å²) < 4.78 is 24.4. The van der Waals surface area contributed by atoms with E-state index in [1.54, 1.807) is 36.4 Å². The molecule has 0 aromatic heterocycles. The SMILES string of the molecule is CC1(C)C(C=C(Cl)Cl)(Oc2ccccc2)C1(Cc1ccc(F)cc1)C(=O)OC#N. The van der Waals surface area contributed by atoms with E-state index in [2.05, 4.69) is 0 Å². The predicted molar refractivity (Wildman–Crippen MR) is 108 cm³/mol. The number of esters is 1. The van der Waals surface area contributed by atoms with Crippen molar-refractivity contribution in [2.45, 2.75) is 25.9 Å². The maximum Gasteiger partial charge on any atom is 0.333 e. The molecule has 4 nitrogen and oxygen atoms in total. The molecule has 0 amide bonds. The minimum atomic E-state index is -1.32. The maximum atomic E-state index is 13.4. The summed E-state index contributed by atoms with van der Waals surface area (Å²) in [7, 11) is 0. The lowest BCUT2D eigenvalue weighted by atomic mass is 9.88. The minimum absolute atomic E-state index is 0.0836. The van der Waals surface area contributed by atoms with Crippen molar-refractivity contribution >= 4 is 29.2 Å². The molecule has 2 aromatic rings. The average molecular weight is 434 g/mol. The second-order valence-corrected chi connectivity index (χ2v) is 8.41. The average Bonchev–Trinajstić information content (AvgIpc) is 3.06. The van der Waals surface area contributed by atoms with Crippen LogP contribution in [-0.2, 0) is 16.0 Å². The smallest absolute Gasteiger partial charge is 0.333 e. The van der Waals surface area contributed by atoms with E-state index >= 15 is 0 Å². The Hall–Kier alpha value is -2.55. The van der Waals surface area contributed by atoms with Crippen LogP contribution in [0.15, 0.2) is 65.2 Å². The Kier molecular flexibility index (Phi) is 5.62. The van der Waals surface area contributed by atoms with Crippen LogP contribution in [0.4, 0.5) is 4.39 Å². The summed E-state index contributed by atoms with van der Waals surface area (Å²) in [6.45, 7) is 3.62. The third-order valence-electron chi connectivity index (χ3n) is 5.77. The maximum absolute atomic E-state index is 13.4. The van der Waals surface area contributed by atoms with Crippen LogP contribution >= 0.6 is 23.2 Å². The molecule has 1 saturated carbocycles. The summed E-state index contributed by atoms with van der Waals surface area (Å²) in [5.74, 6) is -0.666. The molecule has 0 radical (unpaired) electrons. The van der Waals surface area contributed by atoms with Gasteiger partial charge in [0, 0.05) is 5.41 Å². The molecule has 0 aliphatic heterocycles. The molecule has 29 heavy (non-hydrogen) atoms. The molecule has 150 valence electrons. The number of carbonyl (C=O) groups is 1. The molecular formula is C22H18Cl2FNO3. The topological polar surface area (TPSA) is 59.3 Å². The van der Waals surface area contributed by atoms with Gasteiger partial charge in [0.15, 0.2) is 5.60 Å². The third-order valence-corrected chi connectivity index (χ3v) is 5.99. The van der Waals surface area contributed by atoms with Crippen LogP contribution in [0.25, 0.3) is 0 Å². The van der Waals surface area contributed by atoms with Crippen molar-refractivity contribution in [3.05, 3.63) is 76.5 Å². The number of benzene rings is 2. The van der Waals surface area contributed by atoms with Gasteiger partial charge in [-0.05, 0) is 42.3 Å². The fourth-order valence-corrected chi connectivity index (χ4v) is 4.51. The molecule has 2 unspecified atom stereocenters. The number of carbonyl (C=O) groups excluding carboxylic acids is 1. The molecule has 1 fully saturated rings. The van der Waals surface area contributed by atoms with E-state index in [0.717, 1.165) is 0 Å². The number of rotatable bonds is 6. The van der Waals surface area contributed by atoms with E-state index in [1.165, 1.54) is 24.5 Å². The van der Waals surface area contributed by atoms with E-state index in [-0.39, 0.29) is 10.9 Å². The standard InChI is InChI=1S/C22H18Cl2FNO3/c1-20(2)21(19(27)28-14-26,12-15-8-10-16(25)11-9-15)22(20,13-18(23)24)29-17-6-4-3-5-7-17/h3-11,13H,12H2,1-2H3. The Balaban J connectivity index is 2.16. The lowest BCUT2D eigenvalue weighted by Crippen LogP contribution is -2.34. The van der Waals surface area contributed by atoms with Crippen LogP contribution in [0.3, 0.4) is 0 Å². The number of para-hydroxylation sites is 1. The Morgan fingerprint density at radius 3 is 2.31 bits per heavy atom. The third kappa shape index (κ3) is 3.37. The van der Waals surface area contributed by atoms with Crippen molar-refractivity contribution in [2.24, 2.45) is 10.8 Å². The first-order valence-corrected chi connectivity index (χ1v) is 9.58. The van der Waals surface area contributed by atoms with Gasteiger partial charge in [-0.15, -0.1) is 5.26 Å². The predicted octanol–water partition coefficient (Wildman–Crippen LogP) is 5.56. The first kappa shape index (κ1) is 21.2. The molecule has 7 heteroatoms. The molecule has 0 bridgehead atoms. The van der Waals surface area contributed by atoms with Crippen molar-refractivity contribution in [1.82, 2.24) is 0 Å². The Morgan fingerprint density at radius 2 is 1.76 bits per heavy atom. The monoisotopic (exact) mass is 433 g/mol. The van der Waals surface area contributed by atoms with Gasteiger partial charge in [-0.1, -0.05) is 67.4 Å². The minimum Gasteiger partial charge on any atom is -0.481 e. The summed E-state index contributed by atoms with van der Waals surface area (Å²) >= 11 is 12.0. The van der Waals surface area contributed by atoms with Crippen molar-refractivity contribution in [3.8, 4) is 12.0 Å². The number of nitriles is 1. The van der Waals surface area contributed by atoms with Crippen LogP contribution in [0, 0.1) is 28.2 Å². The molecule has 0 heterocycles. The van der Waals surface area contributed by atoms with Crippen LogP contribution in [0.1, 0.15) is 19.4 Å². The van der Waals surface area contributed by atoms with Gasteiger partial charge >= 0.3 is 5.97 Å². The van der Waals surface area contributed by atoms with Crippen LogP contribution in [0.2, 0.25) is 0 Å². The Labute approximate surface area is 178 Å². The van der Waals surface area contributed by atoms with E-state index in [0.29, 0.717) is 11.3 Å². The summed E-state index contributed by atoms with van der Waals surface area (Å²) in [4.78, 5) is 13.1. The summed E-state index contributed by atoms with van der Waals surface area (Å²) in [6, 6.07) is 14.6. The molecular weight excluding hydrogens is 416 g/mol. The number of nitrogens with zero attached hydrogens (tertiary/aromatic N) is 1. The Bertz CT molecular complexity index is 981. The van der Waals surface area contributed by atoms with Gasteiger partial charge in [0.25, 0.3) is 6.26 Å². The molecule has 3 rings (SSSR count). The highest BCUT2D eigenvalue weighted by molar-refractivity contribution is 6.56. The highest BCUT2D eigenvalue weighted by Gasteiger charge is 2.88.